The van der Waals surface area contributed by atoms with Gasteiger partial charge in [-0.3, -0.25) is 9.48 Å². The zero-order valence-electron chi connectivity index (χ0n) is 7.96. The van der Waals surface area contributed by atoms with Crippen LogP contribution in [0.5, 0.6) is 0 Å². The second-order valence-corrected chi connectivity index (χ2v) is 5.86. The number of sulfone groups is 1. The van der Waals surface area contributed by atoms with E-state index in [2.05, 4.69) is 5.10 Å². The maximum atomic E-state index is 11.2. The Hall–Kier alpha value is -1.37. The van der Waals surface area contributed by atoms with Crippen LogP contribution in [0.2, 0.25) is 0 Å². The van der Waals surface area contributed by atoms with E-state index in [1.807, 2.05) is 0 Å². The average molecular weight is 229 g/mol. The number of amides is 1. The van der Waals surface area contributed by atoms with Crippen molar-refractivity contribution in [2.45, 2.75) is 12.5 Å². The molecule has 15 heavy (non-hydrogen) atoms. The van der Waals surface area contributed by atoms with Crippen LogP contribution in [0.4, 0.5) is 0 Å². The van der Waals surface area contributed by atoms with E-state index in [0.717, 1.165) is 0 Å². The minimum absolute atomic E-state index is 0.0902. The number of hydrogen-bond donors (Lipinski definition) is 1. The van der Waals surface area contributed by atoms with Gasteiger partial charge in [0, 0.05) is 6.20 Å². The number of primary amides is 1. The molecule has 0 bridgehead atoms. The van der Waals surface area contributed by atoms with Gasteiger partial charge in [-0.05, 0) is 6.42 Å². The minimum Gasteiger partial charge on any atom is -0.366 e. The SMILES string of the molecule is NC(=O)c1cnn([C@H]2CCS(=O)(=O)C2)c1. The van der Waals surface area contributed by atoms with Crippen molar-refractivity contribution in [1.29, 1.82) is 0 Å². The molecule has 0 unspecified atom stereocenters. The lowest BCUT2D eigenvalue weighted by atomic mass is 10.3. The minimum atomic E-state index is -2.93. The molecule has 1 fully saturated rings. The summed E-state index contributed by atoms with van der Waals surface area (Å²) >= 11 is 0. The molecule has 0 aliphatic carbocycles. The molecule has 2 rings (SSSR count). The molecule has 6 nitrogen and oxygen atoms in total. The Morgan fingerprint density at radius 2 is 2.33 bits per heavy atom. The number of carbonyl (C=O) groups is 1. The lowest BCUT2D eigenvalue weighted by Crippen LogP contribution is -2.12. The van der Waals surface area contributed by atoms with Crippen LogP contribution in [0.1, 0.15) is 22.8 Å². The second kappa shape index (κ2) is 3.34. The Bertz CT molecular complexity index is 491. The largest absolute Gasteiger partial charge is 0.366 e. The highest BCUT2D eigenvalue weighted by Crippen LogP contribution is 2.22. The lowest BCUT2D eigenvalue weighted by molar-refractivity contribution is 0.1000. The second-order valence-electron chi connectivity index (χ2n) is 3.63. The van der Waals surface area contributed by atoms with Gasteiger partial charge in [-0.25, -0.2) is 8.42 Å². The Balaban J connectivity index is 2.21. The van der Waals surface area contributed by atoms with E-state index in [0.29, 0.717) is 12.0 Å². The predicted octanol–water partition coefficient (Wildman–Crippen LogP) is -0.658. The summed E-state index contributed by atoms with van der Waals surface area (Å²) in [6.07, 6.45) is 3.39. The summed E-state index contributed by atoms with van der Waals surface area (Å²) in [5, 5.41) is 3.94. The third kappa shape index (κ3) is 2.01. The molecule has 2 N–H and O–H groups in total. The Morgan fingerprint density at radius 1 is 1.60 bits per heavy atom. The molecule has 1 aliphatic rings. The summed E-state index contributed by atoms with van der Waals surface area (Å²) in [4.78, 5) is 10.8. The monoisotopic (exact) mass is 229 g/mol. The van der Waals surface area contributed by atoms with Gasteiger partial charge >= 0.3 is 0 Å². The van der Waals surface area contributed by atoms with E-state index >= 15 is 0 Å². The van der Waals surface area contributed by atoms with Gasteiger partial charge in [0.15, 0.2) is 9.84 Å². The maximum Gasteiger partial charge on any atom is 0.251 e. The number of aromatic nitrogens is 2. The van der Waals surface area contributed by atoms with E-state index in [1.54, 1.807) is 0 Å². The third-order valence-corrected chi connectivity index (χ3v) is 4.22. The fraction of sp³-hybridized carbons (Fsp3) is 0.500. The number of carbonyl (C=O) groups excluding carboxylic acids is 1. The standard InChI is InChI=1S/C8H11N3O3S/c9-8(12)6-3-10-11(4-6)7-1-2-15(13,14)5-7/h3-4,7H,1-2,5H2,(H2,9,12)/t7-/m0/s1. The predicted molar refractivity (Wildman–Crippen MR) is 53.1 cm³/mol. The molecule has 1 aromatic rings. The number of nitrogens with two attached hydrogens (primary N) is 1. The van der Waals surface area contributed by atoms with E-state index in [-0.39, 0.29) is 17.5 Å². The van der Waals surface area contributed by atoms with Crippen molar-refractivity contribution in [1.82, 2.24) is 9.78 Å². The smallest absolute Gasteiger partial charge is 0.251 e. The first-order chi connectivity index (χ1) is 6.98. The van der Waals surface area contributed by atoms with Crippen LogP contribution < -0.4 is 5.73 Å². The summed E-state index contributed by atoms with van der Waals surface area (Å²) in [6, 6.07) is -0.164. The van der Waals surface area contributed by atoms with E-state index < -0.39 is 15.7 Å². The lowest BCUT2D eigenvalue weighted by Gasteiger charge is -2.06. The Kier molecular flexibility index (Phi) is 2.26. The van der Waals surface area contributed by atoms with Crippen LogP contribution in [0.15, 0.2) is 12.4 Å². The maximum absolute atomic E-state index is 11.2. The van der Waals surface area contributed by atoms with Gasteiger partial charge in [-0.15, -0.1) is 0 Å². The highest BCUT2D eigenvalue weighted by atomic mass is 32.2. The quantitative estimate of drug-likeness (QED) is 0.728. The molecule has 0 aromatic carbocycles. The molecule has 82 valence electrons. The van der Waals surface area contributed by atoms with Gasteiger partial charge in [-0.1, -0.05) is 0 Å². The zero-order chi connectivity index (χ0) is 11.1. The molecule has 1 amide bonds. The van der Waals surface area contributed by atoms with Gasteiger partial charge in [0.2, 0.25) is 0 Å². The fourth-order valence-electron chi connectivity index (χ4n) is 1.65. The fourth-order valence-corrected chi connectivity index (χ4v) is 3.35. The van der Waals surface area contributed by atoms with Crippen molar-refractivity contribution in [3.8, 4) is 0 Å². The molecule has 7 heteroatoms. The molecule has 0 radical (unpaired) electrons. The van der Waals surface area contributed by atoms with Crippen LogP contribution in [0.25, 0.3) is 0 Å². The molecular formula is C8H11N3O3S. The van der Waals surface area contributed by atoms with Crippen LogP contribution in [-0.2, 0) is 9.84 Å². The zero-order valence-corrected chi connectivity index (χ0v) is 8.77. The van der Waals surface area contributed by atoms with Crippen molar-refractivity contribution in [2.75, 3.05) is 11.5 Å². The van der Waals surface area contributed by atoms with Gasteiger partial charge in [0.05, 0.1) is 29.3 Å². The third-order valence-electron chi connectivity index (χ3n) is 2.47. The normalized spacial score (nSPS) is 24.1. The van der Waals surface area contributed by atoms with Gasteiger partial charge in [0.25, 0.3) is 5.91 Å². The van der Waals surface area contributed by atoms with Crippen molar-refractivity contribution < 1.29 is 13.2 Å². The first-order valence-electron chi connectivity index (χ1n) is 4.52. The summed E-state index contributed by atoms with van der Waals surface area (Å²) in [5.41, 5.74) is 5.37. The highest BCUT2D eigenvalue weighted by molar-refractivity contribution is 7.91. The molecule has 1 atom stereocenters. The van der Waals surface area contributed by atoms with E-state index in [1.165, 1.54) is 17.1 Å². The Morgan fingerprint density at radius 3 is 2.80 bits per heavy atom. The summed E-state index contributed by atoms with van der Waals surface area (Å²) in [7, 11) is -2.93. The number of nitrogens with zero attached hydrogens (tertiary/aromatic N) is 2. The number of rotatable bonds is 2. The molecule has 2 heterocycles. The first-order valence-corrected chi connectivity index (χ1v) is 6.34. The van der Waals surface area contributed by atoms with Crippen LogP contribution >= 0.6 is 0 Å². The average Bonchev–Trinajstić information content (AvgIpc) is 2.70. The molecule has 1 aliphatic heterocycles. The summed E-state index contributed by atoms with van der Waals surface area (Å²) < 4.78 is 23.9. The van der Waals surface area contributed by atoms with Crippen LogP contribution in [0, 0.1) is 0 Å². The van der Waals surface area contributed by atoms with E-state index in [9.17, 15) is 13.2 Å². The van der Waals surface area contributed by atoms with Gasteiger partial charge < -0.3 is 5.73 Å². The van der Waals surface area contributed by atoms with Crippen molar-refractivity contribution in [2.24, 2.45) is 5.73 Å². The summed E-state index contributed by atoms with van der Waals surface area (Å²) in [6.45, 7) is 0. The van der Waals surface area contributed by atoms with Crippen LogP contribution in [0.3, 0.4) is 0 Å². The highest BCUT2D eigenvalue weighted by Gasteiger charge is 2.29. The van der Waals surface area contributed by atoms with Gasteiger partial charge in [-0.2, -0.15) is 5.10 Å². The molecular weight excluding hydrogens is 218 g/mol. The van der Waals surface area contributed by atoms with Crippen LogP contribution in [-0.4, -0.2) is 35.6 Å². The van der Waals surface area contributed by atoms with Crippen molar-refractivity contribution in [3.63, 3.8) is 0 Å². The molecule has 0 spiro atoms. The van der Waals surface area contributed by atoms with Crippen molar-refractivity contribution >= 4 is 15.7 Å². The topological polar surface area (TPSA) is 95.1 Å². The van der Waals surface area contributed by atoms with Gasteiger partial charge in [0.1, 0.15) is 0 Å². The first kappa shape index (κ1) is 10.2. The Labute approximate surface area is 87.0 Å². The van der Waals surface area contributed by atoms with E-state index in [4.69, 9.17) is 5.73 Å². The summed E-state index contributed by atoms with van der Waals surface area (Å²) in [5.74, 6) is -0.279. The molecule has 0 saturated carbocycles. The molecule has 1 aromatic heterocycles. The molecule has 1 saturated heterocycles. The van der Waals surface area contributed by atoms with Crippen molar-refractivity contribution in [3.05, 3.63) is 18.0 Å². The number of hydrogen-bond acceptors (Lipinski definition) is 4.